The summed E-state index contributed by atoms with van der Waals surface area (Å²) in [5.41, 5.74) is 0.907. The number of nitrogens with one attached hydrogen (secondary N) is 3. The number of rotatable bonds is 7. The predicted molar refractivity (Wildman–Crippen MR) is 70.2 cm³/mol. The van der Waals surface area contributed by atoms with Crippen LogP contribution in [0.5, 0.6) is 0 Å². The van der Waals surface area contributed by atoms with E-state index in [-0.39, 0.29) is 6.54 Å². The van der Waals surface area contributed by atoms with E-state index in [0.29, 0.717) is 6.54 Å². The number of hydrogen-bond donors (Lipinski definition) is 3. The minimum atomic E-state index is -4.37. The second-order valence-corrected chi connectivity index (χ2v) is 4.26. The molecule has 8 heteroatoms. The van der Waals surface area contributed by atoms with Gasteiger partial charge in [-0.05, 0) is 5.56 Å². The molecule has 2 amide bonds. The highest BCUT2D eigenvalue weighted by molar-refractivity contribution is 5.85. The first kappa shape index (κ1) is 17.0. The first-order valence-corrected chi connectivity index (χ1v) is 6.21. The Bertz CT molecular complexity index is 463. The number of carbonyl (C=O) groups is 2. The van der Waals surface area contributed by atoms with Gasteiger partial charge in [0, 0.05) is 6.54 Å². The van der Waals surface area contributed by atoms with Crippen LogP contribution in [0.25, 0.3) is 0 Å². The maximum absolute atomic E-state index is 11.8. The molecule has 1 aromatic carbocycles. The molecule has 1 aromatic rings. The molecule has 0 aliphatic rings. The molecular formula is C13H16F3N3O2. The van der Waals surface area contributed by atoms with E-state index in [1.54, 1.807) is 0 Å². The zero-order valence-electron chi connectivity index (χ0n) is 11.2. The van der Waals surface area contributed by atoms with Crippen molar-refractivity contribution in [2.45, 2.75) is 12.7 Å². The van der Waals surface area contributed by atoms with Crippen LogP contribution in [0.3, 0.4) is 0 Å². The smallest absolute Gasteiger partial charge is 0.350 e. The van der Waals surface area contributed by atoms with Crippen molar-refractivity contribution in [1.29, 1.82) is 0 Å². The molecule has 0 spiro atoms. The van der Waals surface area contributed by atoms with Crippen LogP contribution in [0.15, 0.2) is 30.3 Å². The van der Waals surface area contributed by atoms with Gasteiger partial charge in [0.2, 0.25) is 11.8 Å². The minimum Gasteiger partial charge on any atom is -0.350 e. The molecule has 0 radical (unpaired) electrons. The molecule has 0 aliphatic carbocycles. The van der Waals surface area contributed by atoms with E-state index in [9.17, 15) is 22.8 Å². The summed E-state index contributed by atoms with van der Waals surface area (Å²) >= 11 is 0. The molecule has 5 nitrogen and oxygen atoms in total. The fourth-order valence-electron chi connectivity index (χ4n) is 1.42. The van der Waals surface area contributed by atoms with Crippen LogP contribution in [-0.4, -0.2) is 37.6 Å². The summed E-state index contributed by atoms with van der Waals surface area (Å²) in [7, 11) is 0. The summed E-state index contributed by atoms with van der Waals surface area (Å²) < 4.78 is 35.5. The maximum Gasteiger partial charge on any atom is 0.401 e. The molecule has 0 aromatic heterocycles. The second-order valence-electron chi connectivity index (χ2n) is 4.26. The van der Waals surface area contributed by atoms with E-state index < -0.39 is 31.1 Å². The van der Waals surface area contributed by atoms with Crippen molar-refractivity contribution in [2.75, 3.05) is 19.6 Å². The van der Waals surface area contributed by atoms with Gasteiger partial charge in [-0.15, -0.1) is 0 Å². The largest absolute Gasteiger partial charge is 0.401 e. The Morgan fingerprint density at radius 1 is 0.952 bits per heavy atom. The Morgan fingerprint density at radius 3 is 2.19 bits per heavy atom. The van der Waals surface area contributed by atoms with Crippen LogP contribution in [0.1, 0.15) is 5.56 Å². The van der Waals surface area contributed by atoms with Gasteiger partial charge in [0.1, 0.15) is 0 Å². The summed E-state index contributed by atoms with van der Waals surface area (Å²) in [6.07, 6.45) is -4.37. The molecule has 0 bridgehead atoms. The SMILES string of the molecule is O=C(CNCC(F)(F)F)NCC(=O)NCc1ccccc1. The molecule has 0 atom stereocenters. The minimum absolute atomic E-state index is 0.278. The fraction of sp³-hybridized carbons (Fsp3) is 0.385. The van der Waals surface area contributed by atoms with E-state index in [1.165, 1.54) is 0 Å². The van der Waals surface area contributed by atoms with Gasteiger partial charge >= 0.3 is 6.18 Å². The zero-order chi connectivity index (χ0) is 15.7. The number of carbonyl (C=O) groups excluding carboxylic acids is 2. The van der Waals surface area contributed by atoms with E-state index in [4.69, 9.17) is 0 Å². The Balaban J connectivity index is 2.13. The predicted octanol–water partition coefficient (Wildman–Crippen LogP) is 0.571. The van der Waals surface area contributed by atoms with Gasteiger partial charge < -0.3 is 16.0 Å². The Kier molecular flexibility index (Phi) is 6.67. The third kappa shape index (κ3) is 8.64. The van der Waals surface area contributed by atoms with Gasteiger partial charge in [0.25, 0.3) is 0 Å². The van der Waals surface area contributed by atoms with Crippen LogP contribution in [0, 0.1) is 0 Å². The molecule has 0 fully saturated rings. The highest BCUT2D eigenvalue weighted by Gasteiger charge is 2.26. The molecule has 3 N–H and O–H groups in total. The molecule has 21 heavy (non-hydrogen) atoms. The van der Waals surface area contributed by atoms with E-state index in [0.717, 1.165) is 5.56 Å². The summed E-state index contributed by atoms with van der Waals surface area (Å²) in [5, 5.41) is 6.74. The molecule has 0 heterocycles. The van der Waals surface area contributed by atoms with Crippen LogP contribution in [0.4, 0.5) is 13.2 Å². The summed E-state index contributed by atoms with van der Waals surface area (Å²) in [5.74, 6) is -1.09. The van der Waals surface area contributed by atoms with Crippen molar-refractivity contribution in [3.8, 4) is 0 Å². The van der Waals surface area contributed by atoms with Crippen molar-refractivity contribution < 1.29 is 22.8 Å². The van der Waals surface area contributed by atoms with Crippen LogP contribution >= 0.6 is 0 Å². The first-order valence-electron chi connectivity index (χ1n) is 6.21. The normalized spacial score (nSPS) is 11.0. The maximum atomic E-state index is 11.8. The Morgan fingerprint density at radius 2 is 1.57 bits per heavy atom. The number of hydrogen-bond acceptors (Lipinski definition) is 3. The van der Waals surface area contributed by atoms with E-state index in [2.05, 4.69) is 10.6 Å². The summed E-state index contributed by atoms with van der Waals surface area (Å²) in [6, 6.07) is 9.17. The standard InChI is InChI=1S/C13H16F3N3O2/c14-13(15,16)9-17-7-11(20)19-8-12(21)18-6-10-4-2-1-3-5-10/h1-5,17H,6-9H2,(H,18,21)(H,19,20). The Labute approximate surface area is 119 Å². The Hall–Kier alpha value is -2.09. The molecule has 0 saturated heterocycles. The lowest BCUT2D eigenvalue weighted by Gasteiger charge is -2.09. The number of alkyl halides is 3. The average molecular weight is 303 g/mol. The van der Waals surface area contributed by atoms with E-state index in [1.807, 2.05) is 35.6 Å². The van der Waals surface area contributed by atoms with Gasteiger partial charge in [0.05, 0.1) is 19.6 Å². The van der Waals surface area contributed by atoms with Gasteiger partial charge in [-0.1, -0.05) is 30.3 Å². The molecule has 116 valence electrons. The van der Waals surface area contributed by atoms with Gasteiger partial charge in [-0.3, -0.25) is 9.59 Å². The van der Waals surface area contributed by atoms with Crippen molar-refractivity contribution >= 4 is 11.8 Å². The van der Waals surface area contributed by atoms with Crippen molar-refractivity contribution in [3.05, 3.63) is 35.9 Å². The number of benzene rings is 1. The quantitative estimate of drug-likeness (QED) is 0.690. The molecule has 0 aliphatic heterocycles. The highest BCUT2D eigenvalue weighted by atomic mass is 19.4. The molecule has 0 unspecified atom stereocenters. The van der Waals surface area contributed by atoms with Gasteiger partial charge in [-0.25, -0.2) is 0 Å². The fourth-order valence-corrected chi connectivity index (χ4v) is 1.42. The molecule has 0 saturated carbocycles. The summed E-state index contributed by atoms with van der Waals surface area (Å²) in [4.78, 5) is 22.6. The van der Waals surface area contributed by atoms with Crippen LogP contribution in [0.2, 0.25) is 0 Å². The highest BCUT2D eigenvalue weighted by Crippen LogP contribution is 2.11. The van der Waals surface area contributed by atoms with Crippen molar-refractivity contribution in [2.24, 2.45) is 0 Å². The average Bonchev–Trinajstić information content (AvgIpc) is 2.42. The lowest BCUT2D eigenvalue weighted by Crippen LogP contribution is -2.42. The lowest BCUT2D eigenvalue weighted by molar-refractivity contribution is -0.130. The van der Waals surface area contributed by atoms with Crippen LogP contribution in [-0.2, 0) is 16.1 Å². The zero-order valence-corrected chi connectivity index (χ0v) is 11.2. The van der Waals surface area contributed by atoms with Crippen molar-refractivity contribution in [3.63, 3.8) is 0 Å². The van der Waals surface area contributed by atoms with Gasteiger partial charge in [0.15, 0.2) is 0 Å². The number of amides is 2. The lowest BCUT2D eigenvalue weighted by atomic mass is 10.2. The topological polar surface area (TPSA) is 70.2 Å². The third-order valence-corrected chi connectivity index (χ3v) is 2.39. The third-order valence-electron chi connectivity index (χ3n) is 2.39. The van der Waals surface area contributed by atoms with Crippen molar-refractivity contribution in [1.82, 2.24) is 16.0 Å². The number of halogens is 3. The van der Waals surface area contributed by atoms with E-state index >= 15 is 0 Å². The second kappa shape index (κ2) is 8.25. The molecular weight excluding hydrogens is 287 g/mol. The first-order chi connectivity index (χ1) is 9.87. The monoisotopic (exact) mass is 303 g/mol. The van der Waals surface area contributed by atoms with Gasteiger partial charge in [-0.2, -0.15) is 13.2 Å². The van der Waals surface area contributed by atoms with Crippen LogP contribution < -0.4 is 16.0 Å². The molecule has 1 rings (SSSR count). The summed E-state index contributed by atoms with van der Waals surface area (Å²) in [6.45, 7) is -1.70.